The number of anilines is 1. The number of hydrogen-bond donors (Lipinski definition) is 1. The van der Waals surface area contributed by atoms with E-state index in [0.29, 0.717) is 24.3 Å². The molecular formula is C21H25N3O5S. The lowest BCUT2D eigenvalue weighted by Crippen LogP contribution is -2.29. The van der Waals surface area contributed by atoms with Gasteiger partial charge in [-0.25, -0.2) is 12.7 Å². The molecule has 0 unspecified atom stereocenters. The number of nitrogens with one attached hydrogen (secondary N) is 1. The van der Waals surface area contributed by atoms with E-state index in [2.05, 4.69) is 5.32 Å². The fourth-order valence-corrected chi connectivity index (χ4v) is 3.99. The lowest BCUT2D eigenvalue weighted by Gasteiger charge is -2.16. The van der Waals surface area contributed by atoms with Gasteiger partial charge < -0.3 is 15.0 Å². The Kier molecular flexibility index (Phi) is 6.73. The van der Waals surface area contributed by atoms with E-state index in [1.807, 2.05) is 6.07 Å². The second-order valence-corrected chi connectivity index (χ2v) is 9.21. The quantitative estimate of drug-likeness (QED) is 0.644. The summed E-state index contributed by atoms with van der Waals surface area (Å²) in [7, 11) is -0.531. The number of nitrogens with zero attached hydrogens (tertiary/aromatic N) is 2. The molecule has 1 heterocycles. The molecule has 0 bridgehead atoms. The van der Waals surface area contributed by atoms with Crippen LogP contribution in [0.1, 0.15) is 23.2 Å². The summed E-state index contributed by atoms with van der Waals surface area (Å²) < 4.78 is 30.8. The second-order valence-electron chi connectivity index (χ2n) is 7.06. The van der Waals surface area contributed by atoms with Gasteiger partial charge in [0.2, 0.25) is 15.9 Å². The van der Waals surface area contributed by atoms with Crippen molar-refractivity contribution < 1.29 is 22.7 Å². The van der Waals surface area contributed by atoms with Crippen molar-refractivity contribution in [2.45, 2.75) is 17.7 Å². The number of rotatable bonds is 8. The van der Waals surface area contributed by atoms with E-state index in [4.69, 9.17) is 4.74 Å². The third-order valence-corrected chi connectivity index (χ3v) is 6.58. The van der Waals surface area contributed by atoms with Crippen LogP contribution in [0.4, 0.5) is 5.69 Å². The minimum Gasteiger partial charge on any atom is -0.492 e. The number of carbonyl (C=O) groups is 2. The molecule has 0 spiro atoms. The van der Waals surface area contributed by atoms with Gasteiger partial charge >= 0.3 is 0 Å². The van der Waals surface area contributed by atoms with Crippen LogP contribution in [0.2, 0.25) is 0 Å². The molecule has 1 fully saturated rings. The van der Waals surface area contributed by atoms with E-state index >= 15 is 0 Å². The van der Waals surface area contributed by atoms with Crippen LogP contribution in [0.25, 0.3) is 0 Å². The average Bonchev–Trinajstić information content (AvgIpc) is 3.17. The van der Waals surface area contributed by atoms with Crippen molar-refractivity contribution >= 4 is 27.5 Å². The van der Waals surface area contributed by atoms with Gasteiger partial charge in [0.1, 0.15) is 12.4 Å². The van der Waals surface area contributed by atoms with Crippen LogP contribution in [0.5, 0.6) is 5.75 Å². The van der Waals surface area contributed by atoms with E-state index < -0.39 is 10.0 Å². The number of carbonyl (C=O) groups excluding carboxylic acids is 2. The first-order valence-electron chi connectivity index (χ1n) is 9.63. The first-order valence-corrected chi connectivity index (χ1v) is 11.1. The van der Waals surface area contributed by atoms with Crippen molar-refractivity contribution in [3.8, 4) is 5.75 Å². The number of benzene rings is 2. The summed E-state index contributed by atoms with van der Waals surface area (Å²) in [6, 6.07) is 13.1. The number of sulfonamides is 1. The summed E-state index contributed by atoms with van der Waals surface area (Å²) in [4.78, 5) is 26.1. The van der Waals surface area contributed by atoms with Gasteiger partial charge in [0.05, 0.1) is 11.4 Å². The van der Waals surface area contributed by atoms with Crippen molar-refractivity contribution in [2.75, 3.05) is 38.7 Å². The smallest absolute Gasteiger partial charge is 0.251 e. The Morgan fingerprint density at radius 3 is 2.53 bits per heavy atom. The molecule has 2 aromatic carbocycles. The van der Waals surface area contributed by atoms with Gasteiger partial charge in [-0.15, -0.1) is 0 Å². The molecule has 9 heteroatoms. The zero-order valence-electron chi connectivity index (χ0n) is 17.0. The van der Waals surface area contributed by atoms with Crippen LogP contribution in [0.3, 0.4) is 0 Å². The van der Waals surface area contributed by atoms with Crippen LogP contribution in [0.15, 0.2) is 53.4 Å². The van der Waals surface area contributed by atoms with Crippen LogP contribution in [-0.2, 0) is 14.8 Å². The predicted molar refractivity (Wildman–Crippen MR) is 113 cm³/mol. The van der Waals surface area contributed by atoms with Crippen molar-refractivity contribution in [3.05, 3.63) is 54.1 Å². The van der Waals surface area contributed by atoms with Crippen LogP contribution in [0, 0.1) is 0 Å². The van der Waals surface area contributed by atoms with Gasteiger partial charge in [0, 0.05) is 38.3 Å². The molecule has 2 amide bonds. The summed E-state index contributed by atoms with van der Waals surface area (Å²) in [6.07, 6.45) is 1.37. The Hall–Kier alpha value is -2.91. The first kappa shape index (κ1) is 21.8. The Labute approximate surface area is 176 Å². The highest BCUT2D eigenvalue weighted by Gasteiger charge is 2.22. The minimum atomic E-state index is -3.48. The molecule has 0 saturated carbocycles. The van der Waals surface area contributed by atoms with E-state index in [0.717, 1.165) is 16.4 Å². The van der Waals surface area contributed by atoms with E-state index in [1.165, 1.54) is 26.2 Å². The molecular weight excluding hydrogens is 406 g/mol. The van der Waals surface area contributed by atoms with Gasteiger partial charge in [0.25, 0.3) is 5.91 Å². The molecule has 0 atom stereocenters. The molecule has 1 aliphatic heterocycles. The molecule has 0 radical (unpaired) electrons. The van der Waals surface area contributed by atoms with Crippen molar-refractivity contribution in [1.82, 2.24) is 9.62 Å². The zero-order chi connectivity index (χ0) is 21.7. The predicted octanol–water partition coefficient (Wildman–Crippen LogP) is 1.87. The molecule has 1 saturated heterocycles. The van der Waals surface area contributed by atoms with Crippen molar-refractivity contribution in [2.24, 2.45) is 0 Å². The van der Waals surface area contributed by atoms with Gasteiger partial charge in [-0.2, -0.15) is 0 Å². The first-order chi connectivity index (χ1) is 14.3. The standard InChI is InChI=1S/C21H25N3O5S/c1-23(2)30(27,28)19-10-8-18(9-11-19)29-14-12-22-21(26)16-5-3-6-17(15-16)24-13-4-7-20(24)25/h3,5-6,8-11,15H,4,7,12-14H2,1-2H3,(H,22,26). The number of hydrogen-bond acceptors (Lipinski definition) is 5. The number of ether oxygens (including phenoxy) is 1. The fourth-order valence-electron chi connectivity index (χ4n) is 3.09. The topological polar surface area (TPSA) is 96.0 Å². The molecule has 3 rings (SSSR count). The van der Waals surface area contributed by atoms with Crippen molar-refractivity contribution in [1.29, 1.82) is 0 Å². The summed E-state index contributed by atoms with van der Waals surface area (Å²) >= 11 is 0. The van der Waals surface area contributed by atoms with Crippen LogP contribution >= 0.6 is 0 Å². The molecule has 160 valence electrons. The fraction of sp³-hybridized carbons (Fsp3) is 0.333. The Morgan fingerprint density at radius 2 is 1.90 bits per heavy atom. The number of amides is 2. The largest absolute Gasteiger partial charge is 0.492 e. The second kappa shape index (κ2) is 9.27. The summed E-state index contributed by atoms with van der Waals surface area (Å²) in [6.45, 7) is 1.19. The van der Waals surface area contributed by atoms with Gasteiger partial charge in [-0.05, 0) is 48.9 Å². The maximum Gasteiger partial charge on any atom is 0.251 e. The molecule has 8 nitrogen and oxygen atoms in total. The minimum absolute atomic E-state index is 0.0744. The Morgan fingerprint density at radius 1 is 1.17 bits per heavy atom. The monoisotopic (exact) mass is 431 g/mol. The van der Waals surface area contributed by atoms with E-state index in [9.17, 15) is 18.0 Å². The molecule has 0 aliphatic carbocycles. The molecule has 1 aliphatic rings. The third kappa shape index (κ3) is 4.98. The zero-order valence-corrected chi connectivity index (χ0v) is 17.8. The summed E-state index contributed by atoms with van der Waals surface area (Å²) in [5, 5.41) is 2.78. The van der Waals surface area contributed by atoms with Gasteiger partial charge in [0.15, 0.2) is 0 Å². The highest BCUT2D eigenvalue weighted by molar-refractivity contribution is 7.89. The molecule has 0 aromatic heterocycles. The van der Waals surface area contributed by atoms with Gasteiger partial charge in [-0.1, -0.05) is 6.07 Å². The maximum absolute atomic E-state index is 12.4. The van der Waals surface area contributed by atoms with Crippen LogP contribution < -0.4 is 15.0 Å². The highest BCUT2D eigenvalue weighted by Crippen LogP contribution is 2.22. The van der Waals surface area contributed by atoms with E-state index in [-0.39, 0.29) is 29.9 Å². The normalized spacial score (nSPS) is 14.2. The Balaban J connectivity index is 1.50. The molecule has 1 N–H and O–H groups in total. The maximum atomic E-state index is 12.4. The highest BCUT2D eigenvalue weighted by atomic mass is 32.2. The molecule has 2 aromatic rings. The van der Waals surface area contributed by atoms with Gasteiger partial charge in [-0.3, -0.25) is 9.59 Å². The van der Waals surface area contributed by atoms with E-state index in [1.54, 1.807) is 35.2 Å². The SMILES string of the molecule is CN(C)S(=O)(=O)c1ccc(OCCNC(=O)c2cccc(N3CCCC3=O)c2)cc1. The third-order valence-electron chi connectivity index (χ3n) is 4.75. The summed E-state index contributed by atoms with van der Waals surface area (Å²) in [5.41, 5.74) is 1.21. The average molecular weight is 432 g/mol. The Bertz CT molecular complexity index is 1020. The van der Waals surface area contributed by atoms with Crippen molar-refractivity contribution in [3.63, 3.8) is 0 Å². The summed E-state index contributed by atoms with van der Waals surface area (Å²) in [5.74, 6) is 0.335. The lowest BCUT2D eigenvalue weighted by atomic mass is 10.1. The van der Waals surface area contributed by atoms with Crippen LogP contribution in [-0.4, -0.2) is 58.3 Å². The lowest BCUT2D eigenvalue weighted by molar-refractivity contribution is -0.117. The molecule has 30 heavy (non-hydrogen) atoms.